The summed E-state index contributed by atoms with van der Waals surface area (Å²) in [5, 5.41) is 11.9. The molecule has 1 aliphatic rings. The molecule has 0 radical (unpaired) electrons. The second-order valence-electron chi connectivity index (χ2n) is 5.36. The highest BCUT2D eigenvalue weighted by atomic mass is 16.6. The Kier molecular flexibility index (Phi) is 4.90. The minimum Gasteiger partial charge on any atom is -0.461 e. The smallest absolute Gasteiger partial charge is 0.347 e. The minimum absolute atomic E-state index is 0.0654. The number of anilines is 1. The van der Waals surface area contributed by atoms with Gasteiger partial charge in [0.15, 0.2) is 0 Å². The Morgan fingerprint density at radius 3 is 3.04 bits per heavy atom. The third-order valence-corrected chi connectivity index (χ3v) is 3.72. The van der Waals surface area contributed by atoms with Crippen LogP contribution in [0.5, 0.6) is 0 Å². The Hall–Kier alpha value is -3.40. The number of hydrogen-bond acceptors (Lipinski definition) is 7. The molecule has 0 spiro atoms. The number of rotatable bonds is 5. The molecule has 1 aromatic heterocycles. The van der Waals surface area contributed by atoms with E-state index in [4.69, 9.17) is 14.7 Å². The molecule has 0 fully saturated rings. The number of hydrogen-bond donors (Lipinski definition) is 1. The van der Waals surface area contributed by atoms with E-state index in [0.717, 1.165) is 5.56 Å². The van der Waals surface area contributed by atoms with Gasteiger partial charge in [0.2, 0.25) is 6.10 Å². The molecule has 1 aliphatic heterocycles. The Balaban J connectivity index is 1.51. The number of nitrogens with one attached hydrogen (secondary N) is 1. The van der Waals surface area contributed by atoms with Crippen molar-refractivity contribution in [3.05, 3.63) is 59.3 Å². The highest BCUT2D eigenvalue weighted by Gasteiger charge is 2.32. The fraction of sp³-hybridized carbons (Fsp3) is 0.222. The number of nitrogens with zero attached hydrogens (tertiary/aromatic N) is 2. The van der Waals surface area contributed by atoms with E-state index in [1.165, 1.54) is 0 Å². The van der Waals surface area contributed by atoms with E-state index < -0.39 is 18.0 Å². The highest BCUT2D eigenvalue weighted by Crippen LogP contribution is 2.21. The summed E-state index contributed by atoms with van der Waals surface area (Å²) in [4.78, 5) is 28.0. The zero-order chi connectivity index (χ0) is 17.6. The number of carbonyl (C=O) groups is 2. The van der Waals surface area contributed by atoms with Crippen molar-refractivity contribution in [3.63, 3.8) is 0 Å². The SMILES string of the molecule is N#Cc1cccnc1NCCOC(=O)C1Cc2ccccc2C(=O)O1. The summed E-state index contributed by atoms with van der Waals surface area (Å²) < 4.78 is 10.3. The average molecular weight is 337 g/mol. The lowest BCUT2D eigenvalue weighted by molar-refractivity contribution is -0.153. The molecule has 2 aromatic rings. The van der Waals surface area contributed by atoms with E-state index in [0.29, 0.717) is 23.4 Å². The summed E-state index contributed by atoms with van der Waals surface area (Å²) in [7, 11) is 0. The standard InChI is InChI=1S/C18H15N3O4/c19-11-13-5-3-7-20-16(13)21-8-9-24-18(23)15-10-12-4-1-2-6-14(12)17(22)25-15/h1-7,15H,8-10H2,(H,20,21). The van der Waals surface area contributed by atoms with E-state index in [1.807, 2.05) is 12.1 Å². The summed E-state index contributed by atoms with van der Waals surface area (Å²) in [6, 6.07) is 12.3. The third kappa shape index (κ3) is 3.75. The molecule has 7 nitrogen and oxygen atoms in total. The van der Waals surface area contributed by atoms with Crippen LogP contribution in [0.3, 0.4) is 0 Å². The van der Waals surface area contributed by atoms with Crippen molar-refractivity contribution in [2.45, 2.75) is 12.5 Å². The first-order valence-corrected chi connectivity index (χ1v) is 7.73. The number of esters is 2. The molecular weight excluding hydrogens is 322 g/mol. The van der Waals surface area contributed by atoms with Crippen LogP contribution in [0.15, 0.2) is 42.6 Å². The Bertz CT molecular complexity index is 844. The van der Waals surface area contributed by atoms with Gasteiger partial charge in [0.25, 0.3) is 0 Å². The van der Waals surface area contributed by atoms with Gasteiger partial charge in [-0.2, -0.15) is 5.26 Å². The predicted octanol–water partition coefficient (Wildman–Crippen LogP) is 1.69. The largest absolute Gasteiger partial charge is 0.461 e. The molecule has 0 amide bonds. The first-order chi connectivity index (χ1) is 12.2. The molecule has 25 heavy (non-hydrogen) atoms. The van der Waals surface area contributed by atoms with Crippen molar-refractivity contribution in [1.29, 1.82) is 5.26 Å². The van der Waals surface area contributed by atoms with Crippen LogP contribution in [0.2, 0.25) is 0 Å². The molecule has 0 saturated heterocycles. The van der Waals surface area contributed by atoms with Crippen molar-refractivity contribution in [2.24, 2.45) is 0 Å². The van der Waals surface area contributed by atoms with E-state index in [1.54, 1.807) is 36.5 Å². The number of aromatic nitrogens is 1. The van der Waals surface area contributed by atoms with E-state index in [2.05, 4.69) is 10.3 Å². The van der Waals surface area contributed by atoms with Crippen LogP contribution in [0.1, 0.15) is 21.5 Å². The van der Waals surface area contributed by atoms with Crippen molar-refractivity contribution in [2.75, 3.05) is 18.5 Å². The number of benzene rings is 1. The van der Waals surface area contributed by atoms with Gasteiger partial charge in [0.1, 0.15) is 18.5 Å². The first kappa shape index (κ1) is 16.5. The molecule has 1 aromatic carbocycles. The van der Waals surface area contributed by atoms with Gasteiger partial charge in [-0.25, -0.2) is 14.6 Å². The Labute approximate surface area is 144 Å². The number of ether oxygens (including phenoxy) is 2. The van der Waals surface area contributed by atoms with Crippen molar-refractivity contribution in [1.82, 2.24) is 4.98 Å². The summed E-state index contributed by atoms with van der Waals surface area (Å²) >= 11 is 0. The molecule has 1 atom stereocenters. The predicted molar refractivity (Wildman–Crippen MR) is 87.8 cm³/mol. The lowest BCUT2D eigenvalue weighted by Crippen LogP contribution is -2.36. The van der Waals surface area contributed by atoms with E-state index >= 15 is 0 Å². The lowest BCUT2D eigenvalue weighted by atomic mass is 9.99. The second kappa shape index (κ2) is 7.45. The summed E-state index contributed by atoms with van der Waals surface area (Å²) in [5.41, 5.74) is 1.66. The average Bonchev–Trinajstić information content (AvgIpc) is 2.65. The van der Waals surface area contributed by atoms with Gasteiger partial charge < -0.3 is 14.8 Å². The van der Waals surface area contributed by atoms with Gasteiger partial charge in [-0.15, -0.1) is 0 Å². The maximum Gasteiger partial charge on any atom is 0.347 e. The topological polar surface area (TPSA) is 101 Å². The fourth-order valence-corrected chi connectivity index (χ4v) is 2.51. The van der Waals surface area contributed by atoms with Crippen LogP contribution < -0.4 is 5.32 Å². The number of pyridine rings is 1. The van der Waals surface area contributed by atoms with Crippen LogP contribution in [0, 0.1) is 11.3 Å². The molecule has 7 heteroatoms. The molecule has 1 unspecified atom stereocenters. The van der Waals surface area contributed by atoms with E-state index in [9.17, 15) is 9.59 Å². The monoisotopic (exact) mass is 337 g/mol. The van der Waals surface area contributed by atoms with Crippen molar-refractivity contribution >= 4 is 17.8 Å². The van der Waals surface area contributed by atoms with Crippen molar-refractivity contribution in [3.8, 4) is 6.07 Å². The summed E-state index contributed by atoms with van der Waals surface area (Å²) in [5.74, 6) is -0.681. The third-order valence-electron chi connectivity index (χ3n) is 3.72. The second-order valence-corrected chi connectivity index (χ2v) is 5.36. The maximum absolute atomic E-state index is 12.1. The van der Waals surface area contributed by atoms with Crippen LogP contribution >= 0.6 is 0 Å². The summed E-state index contributed by atoms with van der Waals surface area (Å²) in [6.45, 7) is 0.352. The Morgan fingerprint density at radius 1 is 1.36 bits per heavy atom. The van der Waals surface area contributed by atoms with Crippen LogP contribution in [0.25, 0.3) is 0 Å². The zero-order valence-corrected chi connectivity index (χ0v) is 13.3. The first-order valence-electron chi connectivity index (χ1n) is 7.73. The van der Waals surface area contributed by atoms with Gasteiger partial charge in [-0.3, -0.25) is 0 Å². The number of cyclic esters (lactones) is 1. The highest BCUT2D eigenvalue weighted by molar-refractivity contribution is 5.94. The summed E-state index contributed by atoms with van der Waals surface area (Å²) in [6.07, 6.45) is 0.924. The fourth-order valence-electron chi connectivity index (χ4n) is 2.51. The number of carbonyl (C=O) groups excluding carboxylic acids is 2. The van der Waals surface area contributed by atoms with Gasteiger partial charge in [-0.05, 0) is 23.8 Å². The molecule has 3 rings (SSSR count). The maximum atomic E-state index is 12.1. The van der Waals surface area contributed by atoms with Crippen LogP contribution in [0.4, 0.5) is 5.82 Å². The zero-order valence-electron chi connectivity index (χ0n) is 13.3. The van der Waals surface area contributed by atoms with Crippen LogP contribution in [-0.2, 0) is 20.7 Å². The van der Waals surface area contributed by atoms with Crippen LogP contribution in [-0.4, -0.2) is 36.2 Å². The molecule has 2 heterocycles. The van der Waals surface area contributed by atoms with Gasteiger partial charge in [-0.1, -0.05) is 18.2 Å². The molecule has 0 aliphatic carbocycles. The Morgan fingerprint density at radius 2 is 2.20 bits per heavy atom. The van der Waals surface area contributed by atoms with E-state index in [-0.39, 0.29) is 13.2 Å². The normalized spacial score (nSPS) is 15.5. The molecule has 1 N–H and O–H groups in total. The lowest BCUT2D eigenvalue weighted by Gasteiger charge is -2.23. The molecule has 126 valence electrons. The number of fused-ring (bicyclic) bond motifs is 1. The van der Waals surface area contributed by atoms with Gasteiger partial charge in [0.05, 0.1) is 17.7 Å². The molecule has 0 saturated carbocycles. The minimum atomic E-state index is -0.938. The number of nitriles is 1. The molecule has 0 bridgehead atoms. The molecular formula is C18H15N3O4. The van der Waals surface area contributed by atoms with Gasteiger partial charge >= 0.3 is 11.9 Å². The van der Waals surface area contributed by atoms with Crippen molar-refractivity contribution < 1.29 is 19.1 Å². The quantitative estimate of drug-likeness (QED) is 0.654. The van der Waals surface area contributed by atoms with Gasteiger partial charge in [0, 0.05) is 12.6 Å².